The summed E-state index contributed by atoms with van der Waals surface area (Å²) in [7, 11) is 1.69. The van der Waals surface area contributed by atoms with Crippen molar-refractivity contribution < 1.29 is 9.21 Å². The molecule has 7 nitrogen and oxygen atoms in total. The number of rotatable bonds is 5. The summed E-state index contributed by atoms with van der Waals surface area (Å²) in [6.45, 7) is 0. The van der Waals surface area contributed by atoms with Crippen molar-refractivity contribution >= 4 is 17.0 Å². The van der Waals surface area contributed by atoms with Crippen LogP contribution in [-0.4, -0.2) is 28.6 Å². The van der Waals surface area contributed by atoms with Gasteiger partial charge >= 0.3 is 5.76 Å². The smallest absolute Gasteiger partial charge is 0.408 e. The molecule has 5 rings (SSSR count). The second-order valence-electron chi connectivity index (χ2n) is 8.95. The second kappa shape index (κ2) is 8.29. The third-order valence-corrected chi connectivity index (χ3v) is 6.92. The van der Waals surface area contributed by atoms with Gasteiger partial charge in [-0.1, -0.05) is 36.8 Å². The van der Waals surface area contributed by atoms with Gasteiger partial charge in [-0.15, -0.1) is 0 Å². The number of benzene rings is 2. The maximum Gasteiger partial charge on any atom is 0.419 e. The van der Waals surface area contributed by atoms with Gasteiger partial charge in [0.2, 0.25) is 5.91 Å². The lowest BCUT2D eigenvalue weighted by Crippen LogP contribution is -2.46. The van der Waals surface area contributed by atoms with E-state index in [2.05, 4.69) is 16.7 Å². The standard InChI is InChI=1S/C25H26N4O3/c1-29-22-13-17(9-10-23(22)32-25(29)31)16-7-5-15(6-8-16)11-19(14-26)27-24(30)21-12-18-3-2-4-20(18)28-21/h5-10,13,18-21,28H,2-4,11-12H2,1H3,(H,27,30). The van der Waals surface area contributed by atoms with Gasteiger partial charge in [-0.25, -0.2) is 4.79 Å². The highest BCUT2D eigenvalue weighted by molar-refractivity contribution is 5.83. The van der Waals surface area contributed by atoms with E-state index in [0.29, 0.717) is 24.0 Å². The molecule has 1 saturated carbocycles. The van der Waals surface area contributed by atoms with Crippen molar-refractivity contribution in [1.29, 1.82) is 5.26 Å². The van der Waals surface area contributed by atoms with Crippen molar-refractivity contribution in [3.8, 4) is 17.2 Å². The molecule has 0 bridgehead atoms. The van der Waals surface area contributed by atoms with Gasteiger partial charge in [-0.3, -0.25) is 9.36 Å². The average molecular weight is 431 g/mol. The Hall–Kier alpha value is -3.37. The molecule has 2 N–H and O–H groups in total. The maximum absolute atomic E-state index is 12.7. The van der Waals surface area contributed by atoms with Crippen molar-refractivity contribution in [3.63, 3.8) is 0 Å². The number of oxazole rings is 1. The number of nitriles is 1. The minimum Gasteiger partial charge on any atom is -0.408 e. The van der Waals surface area contributed by atoms with E-state index in [4.69, 9.17) is 4.42 Å². The van der Waals surface area contributed by atoms with E-state index in [0.717, 1.165) is 35.0 Å². The van der Waals surface area contributed by atoms with Crippen LogP contribution in [0.5, 0.6) is 0 Å². The van der Waals surface area contributed by atoms with Crippen molar-refractivity contribution in [1.82, 2.24) is 15.2 Å². The molecule has 7 heteroatoms. The van der Waals surface area contributed by atoms with Crippen molar-refractivity contribution in [2.75, 3.05) is 0 Å². The summed E-state index contributed by atoms with van der Waals surface area (Å²) < 4.78 is 6.68. The predicted octanol–water partition coefficient (Wildman–Crippen LogP) is 2.88. The molecule has 0 radical (unpaired) electrons. The number of amides is 1. The minimum absolute atomic E-state index is 0.0680. The molecule has 0 spiro atoms. The number of hydrogen-bond donors (Lipinski definition) is 2. The number of carbonyl (C=O) groups excluding carboxylic acids is 1. The first-order chi connectivity index (χ1) is 15.5. The highest BCUT2D eigenvalue weighted by Crippen LogP contribution is 2.34. The van der Waals surface area contributed by atoms with E-state index in [1.165, 1.54) is 17.4 Å². The number of nitrogens with one attached hydrogen (secondary N) is 2. The van der Waals surface area contributed by atoms with Crippen LogP contribution in [0.3, 0.4) is 0 Å². The SMILES string of the molecule is Cn1c(=O)oc2ccc(-c3ccc(CC(C#N)NC(=O)C4CC5CCCC5N4)cc3)cc21. The largest absolute Gasteiger partial charge is 0.419 e. The van der Waals surface area contributed by atoms with E-state index < -0.39 is 6.04 Å². The van der Waals surface area contributed by atoms with Crippen LogP contribution in [-0.2, 0) is 18.3 Å². The van der Waals surface area contributed by atoms with Gasteiger partial charge in [0.25, 0.3) is 0 Å². The number of aromatic nitrogens is 1. The van der Waals surface area contributed by atoms with Crippen molar-refractivity contribution in [2.24, 2.45) is 13.0 Å². The van der Waals surface area contributed by atoms with Gasteiger partial charge in [0.1, 0.15) is 6.04 Å². The van der Waals surface area contributed by atoms with Crippen molar-refractivity contribution in [3.05, 3.63) is 58.6 Å². The van der Waals surface area contributed by atoms with Crippen LogP contribution in [0.1, 0.15) is 31.2 Å². The lowest BCUT2D eigenvalue weighted by atomic mass is 10.00. The quantitative estimate of drug-likeness (QED) is 0.648. The van der Waals surface area contributed by atoms with E-state index in [-0.39, 0.29) is 17.7 Å². The Morgan fingerprint density at radius 3 is 2.78 bits per heavy atom. The van der Waals surface area contributed by atoms with Crippen LogP contribution in [0.15, 0.2) is 51.7 Å². The summed E-state index contributed by atoms with van der Waals surface area (Å²) in [6, 6.07) is 15.5. The Morgan fingerprint density at radius 1 is 1.25 bits per heavy atom. The Bertz CT molecular complexity index is 1240. The fourth-order valence-electron chi connectivity index (χ4n) is 5.13. The number of nitrogens with zero attached hydrogens (tertiary/aromatic N) is 2. The molecule has 164 valence electrons. The van der Waals surface area contributed by atoms with Gasteiger partial charge in [0, 0.05) is 19.5 Å². The first-order valence-corrected chi connectivity index (χ1v) is 11.2. The molecule has 4 atom stereocenters. The summed E-state index contributed by atoms with van der Waals surface area (Å²) in [5, 5.41) is 15.9. The molecule has 1 aliphatic heterocycles. The summed E-state index contributed by atoms with van der Waals surface area (Å²) in [4.78, 5) is 24.4. The molecule has 2 heterocycles. The lowest BCUT2D eigenvalue weighted by Gasteiger charge is -2.17. The Morgan fingerprint density at radius 2 is 2.03 bits per heavy atom. The van der Waals surface area contributed by atoms with E-state index in [1.807, 2.05) is 36.4 Å². The fraction of sp³-hybridized carbons (Fsp3) is 0.400. The minimum atomic E-state index is -0.563. The van der Waals surface area contributed by atoms with Gasteiger partial charge in [0.05, 0.1) is 17.6 Å². The Kier molecular flexibility index (Phi) is 5.32. The summed E-state index contributed by atoms with van der Waals surface area (Å²) in [5.74, 6) is 0.150. The first kappa shape index (κ1) is 20.5. The fourth-order valence-corrected chi connectivity index (χ4v) is 5.13. The van der Waals surface area contributed by atoms with Crippen LogP contribution in [0.2, 0.25) is 0 Å². The summed E-state index contributed by atoms with van der Waals surface area (Å²) in [6.07, 6.45) is 4.90. The molecule has 2 aromatic carbocycles. The molecule has 32 heavy (non-hydrogen) atoms. The van der Waals surface area contributed by atoms with Gasteiger partial charge in [-0.2, -0.15) is 5.26 Å². The highest BCUT2D eigenvalue weighted by Gasteiger charge is 2.40. The molecule has 3 aromatic rings. The van der Waals surface area contributed by atoms with E-state index in [9.17, 15) is 14.9 Å². The first-order valence-electron chi connectivity index (χ1n) is 11.2. The zero-order valence-electron chi connectivity index (χ0n) is 18.0. The highest BCUT2D eigenvalue weighted by atomic mass is 16.4. The molecule has 1 amide bonds. The summed E-state index contributed by atoms with van der Waals surface area (Å²) in [5.41, 5.74) is 4.26. The van der Waals surface area contributed by atoms with Crippen LogP contribution < -0.4 is 16.4 Å². The third-order valence-electron chi connectivity index (χ3n) is 6.92. The molecular formula is C25H26N4O3. The zero-order chi connectivity index (χ0) is 22.2. The number of carbonyl (C=O) groups is 1. The van der Waals surface area contributed by atoms with E-state index in [1.54, 1.807) is 13.1 Å². The Balaban J connectivity index is 1.24. The van der Waals surface area contributed by atoms with Crippen LogP contribution >= 0.6 is 0 Å². The molecule has 2 fully saturated rings. The third kappa shape index (κ3) is 3.82. The van der Waals surface area contributed by atoms with Gasteiger partial charge in [-0.05, 0) is 54.0 Å². The van der Waals surface area contributed by atoms with E-state index >= 15 is 0 Å². The normalized spacial score (nSPS) is 23.1. The monoisotopic (exact) mass is 430 g/mol. The number of aryl methyl sites for hydroxylation is 1. The molecule has 1 saturated heterocycles. The molecule has 1 aliphatic carbocycles. The topological polar surface area (TPSA) is 100 Å². The zero-order valence-corrected chi connectivity index (χ0v) is 18.0. The number of fused-ring (bicyclic) bond motifs is 2. The molecular weight excluding hydrogens is 404 g/mol. The number of hydrogen-bond acceptors (Lipinski definition) is 5. The van der Waals surface area contributed by atoms with Gasteiger partial charge in [0.15, 0.2) is 5.58 Å². The lowest BCUT2D eigenvalue weighted by molar-refractivity contribution is -0.123. The summed E-state index contributed by atoms with van der Waals surface area (Å²) >= 11 is 0. The molecule has 2 aliphatic rings. The molecule has 1 aromatic heterocycles. The second-order valence-corrected chi connectivity index (χ2v) is 8.95. The Labute approximate surface area is 186 Å². The van der Waals surface area contributed by atoms with Crippen LogP contribution in [0, 0.1) is 17.2 Å². The van der Waals surface area contributed by atoms with Crippen LogP contribution in [0.4, 0.5) is 0 Å². The van der Waals surface area contributed by atoms with Gasteiger partial charge < -0.3 is 15.1 Å². The average Bonchev–Trinajstić information content (AvgIpc) is 3.48. The predicted molar refractivity (Wildman–Crippen MR) is 121 cm³/mol. The maximum atomic E-state index is 12.7. The molecule has 4 unspecified atom stereocenters. The van der Waals surface area contributed by atoms with Crippen LogP contribution in [0.25, 0.3) is 22.2 Å². The van der Waals surface area contributed by atoms with Crippen molar-refractivity contribution in [2.45, 2.75) is 50.2 Å².